The van der Waals surface area contributed by atoms with E-state index in [2.05, 4.69) is 10.6 Å². The fourth-order valence-electron chi connectivity index (χ4n) is 1.80. The maximum Gasteiger partial charge on any atom is 0.338 e. The van der Waals surface area contributed by atoms with E-state index in [9.17, 15) is 14.4 Å². The molecule has 0 spiro atoms. The number of esters is 1. The van der Waals surface area contributed by atoms with Gasteiger partial charge in [0.05, 0.1) is 12.2 Å². The first-order chi connectivity index (χ1) is 11.1. The van der Waals surface area contributed by atoms with Crippen molar-refractivity contribution >= 4 is 29.2 Å². The SMILES string of the molecule is CCOC(=O)c1ccc(NC(=O)C(=O)Nc2ccccc2)cc1. The second kappa shape index (κ2) is 7.74. The molecule has 0 aliphatic carbocycles. The molecule has 0 aliphatic heterocycles. The van der Waals surface area contributed by atoms with E-state index in [4.69, 9.17) is 4.74 Å². The standard InChI is InChI=1S/C17H16N2O4/c1-2-23-17(22)12-8-10-14(11-9-12)19-16(21)15(20)18-13-6-4-3-5-7-13/h3-11H,2H2,1H3,(H,18,20)(H,19,21). The Morgan fingerprint density at radius 3 is 1.87 bits per heavy atom. The molecule has 0 bridgehead atoms. The van der Waals surface area contributed by atoms with Crippen molar-refractivity contribution in [1.29, 1.82) is 0 Å². The molecule has 23 heavy (non-hydrogen) atoms. The molecule has 0 heterocycles. The average molecular weight is 312 g/mol. The zero-order valence-corrected chi connectivity index (χ0v) is 12.5. The van der Waals surface area contributed by atoms with Gasteiger partial charge in [0, 0.05) is 11.4 Å². The van der Waals surface area contributed by atoms with Crippen LogP contribution in [0, 0.1) is 0 Å². The Kier molecular flexibility index (Phi) is 5.46. The molecule has 0 saturated carbocycles. The lowest BCUT2D eigenvalue weighted by Crippen LogP contribution is -2.29. The molecule has 2 amide bonds. The summed E-state index contributed by atoms with van der Waals surface area (Å²) in [4.78, 5) is 35.1. The van der Waals surface area contributed by atoms with Gasteiger partial charge in [-0.2, -0.15) is 0 Å². The number of hydrogen-bond acceptors (Lipinski definition) is 4. The van der Waals surface area contributed by atoms with Gasteiger partial charge in [-0.25, -0.2) is 4.79 Å². The summed E-state index contributed by atoms with van der Waals surface area (Å²) in [6.07, 6.45) is 0. The Labute approximate surface area is 133 Å². The van der Waals surface area contributed by atoms with E-state index in [0.717, 1.165) is 0 Å². The lowest BCUT2D eigenvalue weighted by atomic mass is 10.2. The van der Waals surface area contributed by atoms with Crippen LogP contribution < -0.4 is 10.6 Å². The predicted octanol–water partition coefficient (Wildman–Crippen LogP) is 2.44. The van der Waals surface area contributed by atoms with Gasteiger partial charge in [0.2, 0.25) is 0 Å². The Morgan fingerprint density at radius 2 is 1.35 bits per heavy atom. The van der Waals surface area contributed by atoms with Crippen molar-refractivity contribution in [2.75, 3.05) is 17.2 Å². The highest BCUT2D eigenvalue weighted by Crippen LogP contribution is 2.11. The minimum absolute atomic E-state index is 0.289. The lowest BCUT2D eigenvalue weighted by molar-refractivity contribution is -0.132. The summed E-state index contributed by atoms with van der Waals surface area (Å²) in [6, 6.07) is 14.8. The van der Waals surface area contributed by atoms with Crippen molar-refractivity contribution < 1.29 is 19.1 Å². The third-order valence-corrected chi connectivity index (χ3v) is 2.89. The zero-order valence-electron chi connectivity index (χ0n) is 12.5. The Balaban J connectivity index is 1.94. The number of carbonyl (C=O) groups excluding carboxylic acids is 3. The first-order valence-corrected chi connectivity index (χ1v) is 7.04. The van der Waals surface area contributed by atoms with Crippen LogP contribution in [0.1, 0.15) is 17.3 Å². The summed E-state index contributed by atoms with van der Waals surface area (Å²) < 4.78 is 4.86. The number of nitrogens with one attached hydrogen (secondary N) is 2. The summed E-state index contributed by atoms with van der Waals surface area (Å²) in [5.74, 6) is -2.00. The number of anilines is 2. The molecular weight excluding hydrogens is 296 g/mol. The largest absolute Gasteiger partial charge is 0.462 e. The number of ether oxygens (including phenoxy) is 1. The van der Waals surface area contributed by atoms with Gasteiger partial charge < -0.3 is 15.4 Å². The van der Waals surface area contributed by atoms with Crippen LogP contribution in [0.5, 0.6) is 0 Å². The smallest absolute Gasteiger partial charge is 0.338 e. The minimum Gasteiger partial charge on any atom is -0.462 e. The number of benzene rings is 2. The molecule has 0 unspecified atom stereocenters. The minimum atomic E-state index is -0.794. The van der Waals surface area contributed by atoms with Gasteiger partial charge in [0.15, 0.2) is 0 Å². The number of hydrogen-bond donors (Lipinski definition) is 2. The van der Waals surface area contributed by atoms with Crippen LogP contribution in [0.4, 0.5) is 11.4 Å². The van der Waals surface area contributed by atoms with E-state index in [1.165, 1.54) is 24.3 Å². The quantitative estimate of drug-likeness (QED) is 0.671. The Hall–Kier alpha value is -3.15. The van der Waals surface area contributed by atoms with E-state index in [1.54, 1.807) is 37.3 Å². The Morgan fingerprint density at radius 1 is 0.826 bits per heavy atom. The van der Waals surface area contributed by atoms with Gasteiger partial charge in [-0.3, -0.25) is 9.59 Å². The average Bonchev–Trinajstić information content (AvgIpc) is 2.56. The summed E-state index contributed by atoms with van der Waals surface area (Å²) >= 11 is 0. The fourth-order valence-corrected chi connectivity index (χ4v) is 1.80. The van der Waals surface area contributed by atoms with Gasteiger partial charge in [-0.1, -0.05) is 18.2 Å². The van der Waals surface area contributed by atoms with Gasteiger partial charge in [0.25, 0.3) is 0 Å². The van der Waals surface area contributed by atoms with Crippen molar-refractivity contribution in [1.82, 2.24) is 0 Å². The summed E-state index contributed by atoms with van der Waals surface area (Å²) in [5.41, 5.74) is 1.31. The van der Waals surface area contributed by atoms with Crippen LogP contribution in [0.25, 0.3) is 0 Å². The molecule has 0 radical (unpaired) electrons. The molecule has 2 rings (SSSR count). The summed E-state index contributed by atoms with van der Waals surface area (Å²) in [7, 11) is 0. The number of para-hydroxylation sites is 1. The summed E-state index contributed by atoms with van der Waals surface area (Å²) in [5, 5.41) is 4.94. The zero-order chi connectivity index (χ0) is 16.7. The molecule has 0 aromatic heterocycles. The van der Waals surface area contributed by atoms with Gasteiger partial charge in [-0.15, -0.1) is 0 Å². The molecule has 0 aliphatic rings. The first kappa shape index (κ1) is 16.2. The van der Waals surface area contributed by atoms with Crippen LogP contribution in [-0.2, 0) is 14.3 Å². The van der Waals surface area contributed by atoms with Crippen molar-refractivity contribution in [2.24, 2.45) is 0 Å². The topological polar surface area (TPSA) is 84.5 Å². The second-order valence-corrected chi connectivity index (χ2v) is 4.57. The molecule has 2 N–H and O–H groups in total. The predicted molar refractivity (Wildman–Crippen MR) is 86.1 cm³/mol. The van der Waals surface area contributed by atoms with Crippen molar-refractivity contribution in [3.8, 4) is 0 Å². The van der Waals surface area contributed by atoms with Gasteiger partial charge >= 0.3 is 17.8 Å². The fraction of sp³-hybridized carbons (Fsp3) is 0.118. The highest BCUT2D eigenvalue weighted by Gasteiger charge is 2.14. The third-order valence-electron chi connectivity index (χ3n) is 2.89. The van der Waals surface area contributed by atoms with Crippen LogP contribution in [0.3, 0.4) is 0 Å². The van der Waals surface area contributed by atoms with Crippen molar-refractivity contribution in [3.05, 3.63) is 60.2 Å². The molecule has 0 saturated heterocycles. The molecule has 2 aromatic carbocycles. The normalized spacial score (nSPS) is 9.78. The number of rotatable bonds is 4. The van der Waals surface area contributed by atoms with Crippen LogP contribution in [0.2, 0.25) is 0 Å². The number of carbonyl (C=O) groups is 3. The number of amides is 2. The van der Waals surface area contributed by atoms with Gasteiger partial charge in [0.1, 0.15) is 0 Å². The monoisotopic (exact) mass is 312 g/mol. The van der Waals surface area contributed by atoms with E-state index >= 15 is 0 Å². The van der Waals surface area contributed by atoms with E-state index in [1.807, 2.05) is 0 Å². The maximum absolute atomic E-state index is 11.8. The van der Waals surface area contributed by atoms with E-state index in [0.29, 0.717) is 16.9 Å². The first-order valence-electron chi connectivity index (χ1n) is 7.04. The molecular formula is C17H16N2O4. The Bertz CT molecular complexity index is 696. The molecule has 6 nitrogen and oxygen atoms in total. The van der Waals surface area contributed by atoms with Crippen LogP contribution in [-0.4, -0.2) is 24.4 Å². The molecule has 6 heteroatoms. The van der Waals surface area contributed by atoms with Crippen molar-refractivity contribution in [2.45, 2.75) is 6.92 Å². The highest BCUT2D eigenvalue weighted by molar-refractivity contribution is 6.43. The van der Waals surface area contributed by atoms with Crippen LogP contribution >= 0.6 is 0 Å². The molecule has 0 atom stereocenters. The molecule has 0 fully saturated rings. The second-order valence-electron chi connectivity index (χ2n) is 4.57. The molecule has 118 valence electrons. The molecule has 2 aromatic rings. The third kappa shape index (κ3) is 4.67. The highest BCUT2D eigenvalue weighted by atomic mass is 16.5. The van der Waals surface area contributed by atoms with E-state index in [-0.39, 0.29) is 6.61 Å². The van der Waals surface area contributed by atoms with Gasteiger partial charge in [-0.05, 0) is 43.3 Å². The van der Waals surface area contributed by atoms with Crippen molar-refractivity contribution in [3.63, 3.8) is 0 Å². The summed E-state index contributed by atoms with van der Waals surface area (Å²) in [6.45, 7) is 2.01. The lowest BCUT2D eigenvalue weighted by Gasteiger charge is -2.07. The van der Waals surface area contributed by atoms with E-state index < -0.39 is 17.8 Å². The van der Waals surface area contributed by atoms with Crippen LogP contribution in [0.15, 0.2) is 54.6 Å². The maximum atomic E-state index is 11.8.